The molecule has 76 valence electrons. The van der Waals surface area contributed by atoms with Crippen LogP contribution in [0.5, 0.6) is 0 Å². The minimum absolute atomic E-state index is 0.200. The number of aliphatic hydroxyl groups is 1. The van der Waals surface area contributed by atoms with Gasteiger partial charge in [0, 0.05) is 6.54 Å². The summed E-state index contributed by atoms with van der Waals surface area (Å²) in [4.78, 5) is 0. The van der Waals surface area contributed by atoms with Crippen LogP contribution in [0.4, 0.5) is 4.39 Å². The van der Waals surface area contributed by atoms with Crippen LogP contribution < -0.4 is 5.73 Å². The average Bonchev–Trinajstić information content (AvgIpc) is 2.18. The maximum absolute atomic E-state index is 12.9. The van der Waals surface area contributed by atoms with Crippen molar-refractivity contribution in [2.24, 2.45) is 5.73 Å². The number of rotatable bonds is 1. The fourth-order valence-corrected chi connectivity index (χ4v) is 2.14. The van der Waals surface area contributed by atoms with E-state index in [2.05, 4.69) is 0 Å². The van der Waals surface area contributed by atoms with Crippen molar-refractivity contribution in [3.8, 4) is 0 Å². The first kappa shape index (κ1) is 9.62. The Labute approximate surface area is 82.5 Å². The van der Waals surface area contributed by atoms with Crippen molar-refractivity contribution in [1.29, 1.82) is 0 Å². The van der Waals surface area contributed by atoms with Gasteiger partial charge in [-0.3, -0.25) is 0 Å². The number of aryl methyl sites for hydroxylation is 1. The highest BCUT2D eigenvalue weighted by Gasteiger charge is 2.32. The van der Waals surface area contributed by atoms with Crippen molar-refractivity contribution < 1.29 is 9.50 Å². The molecule has 0 saturated heterocycles. The van der Waals surface area contributed by atoms with E-state index in [-0.39, 0.29) is 12.4 Å². The van der Waals surface area contributed by atoms with Gasteiger partial charge in [0.2, 0.25) is 0 Å². The minimum atomic E-state index is -0.943. The van der Waals surface area contributed by atoms with E-state index in [4.69, 9.17) is 5.73 Å². The first-order valence-corrected chi connectivity index (χ1v) is 4.87. The zero-order chi connectivity index (χ0) is 10.2. The molecule has 0 radical (unpaired) electrons. The number of nitrogens with two attached hydrogens (primary N) is 1. The molecule has 14 heavy (non-hydrogen) atoms. The highest BCUT2D eigenvalue weighted by molar-refractivity contribution is 5.35. The molecule has 1 aliphatic rings. The summed E-state index contributed by atoms with van der Waals surface area (Å²) < 4.78 is 12.9. The smallest absolute Gasteiger partial charge is 0.123 e. The number of fused-ring (bicyclic) bond motifs is 1. The second-order valence-electron chi connectivity index (χ2n) is 3.89. The van der Waals surface area contributed by atoms with Crippen molar-refractivity contribution in [2.75, 3.05) is 6.54 Å². The van der Waals surface area contributed by atoms with E-state index in [0.29, 0.717) is 6.42 Å². The Hall–Kier alpha value is -0.930. The number of halogens is 1. The minimum Gasteiger partial charge on any atom is -0.384 e. The van der Waals surface area contributed by atoms with E-state index in [9.17, 15) is 9.50 Å². The van der Waals surface area contributed by atoms with Crippen LogP contribution >= 0.6 is 0 Å². The zero-order valence-corrected chi connectivity index (χ0v) is 7.96. The lowest BCUT2D eigenvalue weighted by atomic mass is 9.79. The Morgan fingerprint density at radius 3 is 3.00 bits per heavy atom. The predicted molar refractivity (Wildman–Crippen MR) is 52.3 cm³/mol. The molecule has 0 spiro atoms. The Bertz CT molecular complexity index is 353. The van der Waals surface area contributed by atoms with Gasteiger partial charge in [0.05, 0.1) is 0 Å². The summed E-state index contributed by atoms with van der Waals surface area (Å²) >= 11 is 0. The number of hydrogen-bond donors (Lipinski definition) is 2. The van der Waals surface area contributed by atoms with Gasteiger partial charge in [-0.05, 0) is 42.5 Å². The molecule has 3 N–H and O–H groups in total. The summed E-state index contributed by atoms with van der Waals surface area (Å²) in [5.41, 5.74) is 6.30. The molecule has 2 rings (SSSR count). The topological polar surface area (TPSA) is 46.2 Å². The van der Waals surface area contributed by atoms with Crippen molar-refractivity contribution in [2.45, 2.75) is 24.9 Å². The summed E-state index contributed by atoms with van der Waals surface area (Å²) in [6, 6.07) is 4.52. The fourth-order valence-electron chi connectivity index (χ4n) is 2.14. The van der Waals surface area contributed by atoms with Crippen molar-refractivity contribution >= 4 is 0 Å². The molecule has 1 aromatic carbocycles. The highest BCUT2D eigenvalue weighted by Crippen LogP contribution is 2.34. The lowest BCUT2D eigenvalue weighted by Crippen LogP contribution is -2.38. The predicted octanol–water partition coefficient (Wildman–Crippen LogP) is 1.31. The summed E-state index contributed by atoms with van der Waals surface area (Å²) in [6.45, 7) is 0.200. The van der Waals surface area contributed by atoms with Gasteiger partial charge >= 0.3 is 0 Å². The molecule has 3 heteroatoms. The summed E-state index contributed by atoms with van der Waals surface area (Å²) in [5.74, 6) is -0.245. The first-order chi connectivity index (χ1) is 6.65. The van der Waals surface area contributed by atoms with E-state index < -0.39 is 5.60 Å². The van der Waals surface area contributed by atoms with Crippen LogP contribution in [0, 0.1) is 5.82 Å². The Morgan fingerprint density at radius 2 is 2.29 bits per heavy atom. The van der Waals surface area contributed by atoms with Gasteiger partial charge in [-0.25, -0.2) is 4.39 Å². The highest BCUT2D eigenvalue weighted by atomic mass is 19.1. The molecule has 0 saturated carbocycles. The Morgan fingerprint density at radius 1 is 1.50 bits per heavy atom. The lowest BCUT2D eigenvalue weighted by Gasteiger charge is -2.33. The Kier molecular flexibility index (Phi) is 2.29. The second kappa shape index (κ2) is 3.33. The van der Waals surface area contributed by atoms with E-state index in [1.807, 2.05) is 0 Å². The molecule has 1 atom stereocenters. The molecule has 0 fully saturated rings. The zero-order valence-electron chi connectivity index (χ0n) is 7.96. The standard InChI is InChI=1S/C11H14FNO/c12-9-3-4-10-8(6-9)2-1-5-11(10,14)7-13/h3-4,6,14H,1-2,5,7,13H2. The first-order valence-electron chi connectivity index (χ1n) is 4.87. The van der Waals surface area contributed by atoms with E-state index >= 15 is 0 Å². The van der Waals surface area contributed by atoms with Crippen LogP contribution in [0.25, 0.3) is 0 Å². The van der Waals surface area contributed by atoms with Gasteiger partial charge < -0.3 is 10.8 Å². The monoisotopic (exact) mass is 195 g/mol. The van der Waals surface area contributed by atoms with Gasteiger partial charge in [0.25, 0.3) is 0 Å². The molecule has 0 aromatic heterocycles. The summed E-state index contributed by atoms with van der Waals surface area (Å²) in [6.07, 6.45) is 2.36. The maximum Gasteiger partial charge on any atom is 0.123 e. The third kappa shape index (κ3) is 1.42. The summed E-state index contributed by atoms with van der Waals surface area (Å²) in [5, 5.41) is 10.2. The maximum atomic E-state index is 12.9. The number of benzene rings is 1. The molecule has 1 unspecified atom stereocenters. The van der Waals surface area contributed by atoms with Gasteiger partial charge in [-0.1, -0.05) is 6.07 Å². The van der Waals surface area contributed by atoms with E-state index in [1.165, 1.54) is 12.1 Å². The van der Waals surface area contributed by atoms with Gasteiger partial charge in [-0.2, -0.15) is 0 Å². The second-order valence-corrected chi connectivity index (χ2v) is 3.89. The molecular formula is C11H14FNO. The Balaban J connectivity index is 2.50. The van der Waals surface area contributed by atoms with Gasteiger partial charge in [0.1, 0.15) is 11.4 Å². The molecule has 1 aromatic rings. The third-order valence-corrected chi connectivity index (χ3v) is 2.94. The van der Waals surface area contributed by atoms with Gasteiger partial charge in [-0.15, -0.1) is 0 Å². The van der Waals surface area contributed by atoms with Crippen LogP contribution in [0.15, 0.2) is 18.2 Å². The average molecular weight is 195 g/mol. The normalized spacial score (nSPS) is 25.9. The third-order valence-electron chi connectivity index (χ3n) is 2.94. The van der Waals surface area contributed by atoms with Crippen LogP contribution in [0.3, 0.4) is 0 Å². The number of hydrogen-bond acceptors (Lipinski definition) is 2. The van der Waals surface area contributed by atoms with Crippen molar-refractivity contribution in [3.63, 3.8) is 0 Å². The molecular weight excluding hydrogens is 181 g/mol. The molecule has 0 aliphatic heterocycles. The molecule has 0 heterocycles. The van der Waals surface area contributed by atoms with Crippen LogP contribution in [0.2, 0.25) is 0 Å². The van der Waals surface area contributed by atoms with Crippen LogP contribution in [-0.2, 0) is 12.0 Å². The SMILES string of the molecule is NCC1(O)CCCc2cc(F)ccc21. The van der Waals surface area contributed by atoms with Crippen LogP contribution in [-0.4, -0.2) is 11.7 Å². The molecule has 0 bridgehead atoms. The van der Waals surface area contributed by atoms with Crippen LogP contribution in [0.1, 0.15) is 24.0 Å². The quantitative estimate of drug-likeness (QED) is 0.709. The summed E-state index contributed by atoms with van der Waals surface area (Å²) in [7, 11) is 0. The molecule has 2 nitrogen and oxygen atoms in total. The van der Waals surface area contributed by atoms with E-state index in [1.54, 1.807) is 6.07 Å². The van der Waals surface area contributed by atoms with Crippen molar-refractivity contribution in [3.05, 3.63) is 35.1 Å². The molecule has 1 aliphatic carbocycles. The lowest BCUT2D eigenvalue weighted by molar-refractivity contribution is 0.0278. The van der Waals surface area contributed by atoms with Crippen molar-refractivity contribution in [1.82, 2.24) is 0 Å². The fraction of sp³-hybridized carbons (Fsp3) is 0.455. The largest absolute Gasteiger partial charge is 0.384 e. The van der Waals surface area contributed by atoms with E-state index in [0.717, 1.165) is 24.0 Å². The van der Waals surface area contributed by atoms with Gasteiger partial charge in [0.15, 0.2) is 0 Å². The molecule has 0 amide bonds.